The molecule has 0 spiro atoms. The summed E-state index contributed by atoms with van der Waals surface area (Å²) in [7, 11) is 0. The van der Waals surface area contributed by atoms with Gasteiger partial charge in [0.25, 0.3) is 0 Å². The Kier molecular flexibility index (Phi) is 4.01. The smallest absolute Gasteiger partial charge is 0.182 e. The largest absolute Gasteiger partial charge is 0.394 e. The average molecular weight is 206 g/mol. The van der Waals surface area contributed by atoms with Crippen molar-refractivity contribution >= 4 is 5.82 Å². The molecule has 0 bridgehead atoms. The quantitative estimate of drug-likeness (QED) is 0.760. The first-order chi connectivity index (χ1) is 7.19. The van der Waals surface area contributed by atoms with Crippen LogP contribution in [-0.4, -0.2) is 27.7 Å². The number of aromatic nitrogens is 2. The van der Waals surface area contributed by atoms with Crippen molar-refractivity contribution in [1.29, 1.82) is 5.26 Å². The summed E-state index contributed by atoms with van der Waals surface area (Å²) in [5, 5.41) is 20.9. The molecule has 0 fully saturated rings. The number of rotatable bonds is 4. The Bertz CT molecular complexity index is 359. The van der Waals surface area contributed by atoms with Gasteiger partial charge in [0.05, 0.1) is 12.6 Å². The van der Waals surface area contributed by atoms with Crippen molar-refractivity contribution in [3.63, 3.8) is 0 Å². The first-order valence-corrected chi connectivity index (χ1v) is 4.77. The molecule has 0 aromatic carbocycles. The first-order valence-electron chi connectivity index (χ1n) is 4.77. The van der Waals surface area contributed by atoms with Crippen molar-refractivity contribution in [2.24, 2.45) is 5.92 Å². The number of nitrogens with zero attached hydrogens (tertiary/aromatic N) is 3. The van der Waals surface area contributed by atoms with Crippen LogP contribution < -0.4 is 5.32 Å². The van der Waals surface area contributed by atoms with Crippen LogP contribution in [0.3, 0.4) is 0 Å². The summed E-state index contributed by atoms with van der Waals surface area (Å²) in [4.78, 5) is 7.89. The molecular weight excluding hydrogens is 192 g/mol. The van der Waals surface area contributed by atoms with Crippen LogP contribution in [0, 0.1) is 17.2 Å². The number of hydrogen-bond acceptors (Lipinski definition) is 5. The van der Waals surface area contributed by atoms with E-state index in [2.05, 4.69) is 15.3 Å². The standard InChI is InChI=1S/C10H14N4O/c1-7(2)9(6-15)14-10-8(5-11)12-3-4-13-10/h3-4,7,9,15H,6H2,1-2H3,(H,13,14). The van der Waals surface area contributed by atoms with Gasteiger partial charge in [-0.15, -0.1) is 0 Å². The zero-order valence-electron chi connectivity index (χ0n) is 8.81. The highest BCUT2D eigenvalue weighted by molar-refractivity contribution is 5.47. The van der Waals surface area contributed by atoms with Gasteiger partial charge in [0.2, 0.25) is 0 Å². The summed E-state index contributed by atoms with van der Waals surface area (Å²) in [5.41, 5.74) is 0.247. The van der Waals surface area contributed by atoms with Crippen LogP contribution >= 0.6 is 0 Å². The fraction of sp³-hybridized carbons (Fsp3) is 0.500. The molecule has 1 rings (SSSR count). The van der Waals surface area contributed by atoms with Gasteiger partial charge in [-0.25, -0.2) is 9.97 Å². The van der Waals surface area contributed by atoms with E-state index in [1.54, 1.807) is 0 Å². The normalized spacial score (nSPS) is 12.2. The van der Waals surface area contributed by atoms with Crippen LogP contribution in [-0.2, 0) is 0 Å². The van der Waals surface area contributed by atoms with Crippen molar-refractivity contribution < 1.29 is 5.11 Å². The monoisotopic (exact) mass is 206 g/mol. The topological polar surface area (TPSA) is 81.8 Å². The predicted octanol–water partition coefficient (Wildman–Crippen LogP) is 0.777. The summed E-state index contributed by atoms with van der Waals surface area (Å²) >= 11 is 0. The Labute approximate surface area is 88.8 Å². The van der Waals surface area contributed by atoms with Crippen LogP contribution in [0.4, 0.5) is 5.82 Å². The third kappa shape index (κ3) is 2.89. The Morgan fingerprint density at radius 2 is 2.13 bits per heavy atom. The maximum Gasteiger partial charge on any atom is 0.182 e. The van der Waals surface area contributed by atoms with Crippen molar-refractivity contribution in [3.05, 3.63) is 18.1 Å². The van der Waals surface area contributed by atoms with Crippen LogP contribution in [0.5, 0.6) is 0 Å². The van der Waals surface area contributed by atoms with Crippen molar-refractivity contribution in [3.8, 4) is 6.07 Å². The van der Waals surface area contributed by atoms with Gasteiger partial charge in [-0.1, -0.05) is 13.8 Å². The summed E-state index contributed by atoms with van der Waals surface area (Å²) in [6.45, 7) is 3.96. The molecule has 5 heteroatoms. The van der Waals surface area contributed by atoms with Crippen molar-refractivity contribution in [2.45, 2.75) is 19.9 Å². The summed E-state index contributed by atoms with van der Waals surface area (Å²) in [6.07, 6.45) is 2.98. The van der Waals surface area contributed by atoms with Gasteiger partial charge in [-0.3, -0.25) is 0 Å². The number of nitrogens with one attached hydrogen (secondary N) is 1. The fourth-order valence-electron chi connectivity index (χ4n) is 1.12. The lowest BCUT2D eigenvalue weighted by Gasteiger charge is -2.20. The predicted molar refractivity (Wildman–Crippen MR) is 56.1 cm³/mol. The molecule has 1 aromatic heterocycles. The van der Waals surface area contributed by atoms with Crippen LogP contribution in [0.15, 0.2) is 12.4 Å². The van der Waals surface area contributed by atoms with Gasteiger partial charge in [0, 0.05) is 12.4 Å². The lowest BCUT2D eigenvalue weighted by molar-refractivity contribution is 0.249. The molecule has 0 saturated heterocycles. The van der Waals surface area contributed by atoms with Crippen LogP contribution in [0.1, 0.15) is 19.5 Å². The Hall–Kier alpha value is -1.67. The minimum atomic E-state index is -0.117. The summed E-state index contributed by atoms with van der Waals surface area (Å²) in [6, 6.07) is 1.83. The average Bonchev–Trinajstić information content (AvgIpc) is 2.25. The second-order valence-corrected chi connectivity index (χ2v) is 3.54. The van der Waals surface area contributed by atoms with E-state index in [9.17, 15) is 0 Å². The summed E-state index contributed by atoms with van der Waals surface area (Å²) in [5.74, 6) is 0.677. The SMILES string of the molecule is CC(C)C(CO)Nc1nccnc1C#N. The number of anilines is 1. The molecular formula is C10H14N4O. The van der Waals surface area contributed by atoms with Crippen molar-refractivity contribution in [1.82, 2.24) is 9.97 Å². The number of aliphatic hydroxyl groups excluding tert-OH is 1. The Balaban J connectivity index is 2.84. The Morgan fingerprint density at radius 3 is 2.67 bits per heavy atom. The molecule has 2 N–H and O–H groups in total. The molecule has 1 aromatic rings. The molecule has 1 unspecified atom stereocenters. The number of nitriles is 1. The highest BCUT2D eigenvalue weighted by Crippen LogP contribution is 2.12. The maximum atomic E-state index is 9.13. The minimum Gasteiger partial charge on any atom is -0.394 e. The van der Waals surface area contributed by atoms with Gasteiger partial charge in [-0.2, -0.15) is 5.26 Å². The summed E-state index contributed by atoms with van der Waals surface area (Å²) < 4.78 is 0. The molecule has 0 amide bonds. The molecule has 15 heavy (non-hydrogen) atoms. The zero-order chi connectivity index (χ0) is 11.3. The van der Waals surface area contributed by atoms with Gasteiger partial charge in [0.15, 0.2) is 11.5 Å². The molecule has 1 atom stereocenters. The molecule has 0 aliphatic rings. The molecule has 0 aliphatic carbocycles. The van der Waals surface area contributed by atoms with E-state index in [0.717, 1.165) is 0 Å². The van der Waals surface area contributed by atoms with Gasteiger partial charge in [0.1, 0.15) is 6.07 Å². The van der Waals surface area contributed by atoms with E-state index in [0.29, 0.717) is 5.82 Å². The highest BCUT2D eigenvalue weighted by atomic mass is 16.3. The van der Waals surface area contributed by atoms with E-state index in [-0.39, 0.29) is 24.3 Å². The highest BCUT2D eigenvalue weighted by Gasteiger charge is 2.14. The van der Waals surface area contributed by atoms with Crippen molar-refractivity contribution in [2.75, 3.05) is 11.9 Å². The molecule has 80 valence electrons. The number of aliphatic hydroxyl groups is 1. The minimum absolute atomic E-state index is 0.000883. The zero-order valence-corrected chi connectivity index (χ0v) is 8.81. The van der Waals surface area contributed by atoms with E-state index in [1.165, 1.54) is 12.4 Å². The molecule has 0 radical (unpaired) electrons. The molecule has 0 aliphatic heterocycles. The van der Waals surface area contributed by atoms with Gasteiger partial charge in [-0.05, 0) is 5.92 Å². The molecule has 5 nitrogen and oxygen atoms in total. The number of hydrogen-bond donors (Lipinski definition) is 2. The third-order valence-corrected chi connectivity index (χ3v) is 2.13. The van der Waals surface area contributed by atoms with Gasteiger partial charge < -0.3 is 10.4 Å². The third-order valence-electron chi connectivity index (χ3n) is 2.13. The Morgan fingerprint density at radius 1 is 1.47 bits per heavy atom. The van der Waals surface area contributed by atoms with E-state index < -0.39 is 0 Å². The maximum absolute atomic E-state index is 9.13. The van der Waals surface area contributed by atoms with Gasteiger partial charge >= 0.3 is 0 Å². The lowest BCUT2D eigenvalue weighted by atomic mass is 10.1. The van der Waals surface area contributed by atoms with Crippen LogP contribution in [0.25, 0.3) is 0 Å². The second-order valence-electron chi connectivity index (χ2n) is 3.54. The molecule has 0 saturated carbocycles. The molecule has 1 heterocycles. The van der Waals surface area contributed by atoms with E-state index in [4.69, 9.17) is 10.4 Å². The van der Waals surface area contributed by atoms with Crippen LogP contribution in [0.2, 0.25) is 0 Å². The first kappa shape index (κ1) is 11.4. The van der Waals surface area contributed by atoms with E-state index in [1.807, 2.05) is 19.9 Å². The second kappa shape index (κ2) is 5.27. The fourth-order valence-corrected chi connectivity index (χ4v) is 1.12. The lowest BCUT2D eigenvalue weighted by Crippen LogP contribution is -2.30. The van der Waals surface area contributed by atoms with E-state index >= 15 is 0 Å².